The molecule has 0 unspecified atom stereocenters. The molecule has 92 valence electrons. The fourth-order valence-electron chi connectivity index (χ4n) is 2.26. The fourth-order valence-corrected chi connectivity index (χ4v) is 2.64. The van der Waals surface area contributed by atoms with Crippen LogP contribution in [0.2, 0.25) is 0 Å². The molecule has 3 nitrogen and oxygen atoms in total. The lowest BCUT2D eigenvalue weighted by atomic mass is 9.75. The van der Waals surface area contributed by atoms with E-state index < -0.39 is 5.41 Å². The van der Waals surface area contributed by atoms with Crippen LogP contribution in [0, 0.1) is 5.41 Å². The Kier molecular flexibility index (Phi) is 3.94. The van der Waals surface area contributed by atoms with Crippen LogP contribution in [0.15, 0.2) is 0 Å². The van der Waals surface area contributed by atoms with E-state index in [1.54, 1.807) is 0 Å². The summed E-state index contributed by atoms with van der Waals surface area (Å²) in [5.41, 5.74) is 5.05. The number of hydrogen-bond acceptors (Lipinski definition) is 2. The third kappa shape index (κ3) is 2.21. The highest BCUT2D eigenvalue weighted by Crippen LogP contribution is 2.34. The van der Waals surface area contributed by atoms with Crippen LogP contribution in [0.25, 0.3) is 0 Å². The van der Waals surface area contributed by atoms with Crippen molar-refractivity contribution >= 4 is 23.1 Å². The molecule has 1 rings (SSSR count). The molecule has 0 aliphatic heterocycles. The summed E-state index contributed by atoms with van der Waals surface area (Å²) in [5.74, 6) is 0.00667. The Hall–Kier alpha value is -0.640. The summed E-state index contributed by atoms with van der Waals surface area (Å²) in [7, 11) is 0. The van der Waals surface area contributed by atoms with E-state index in [-0.39, 0.29) is 11.4 Å². The minimum absolute atomic E-state index is 0.00667. The number of carbonyl (C=O) groups excluding carboxylic acids is 1. The molecule has 4 heteroatoms. The van der Waals surface area contributed by atoms with Crippen LogP contribution >= 0.6 is 12.2 Å². The van der Waals surface area contributed by atoms with Gasteiger partial charge in [-0.15, -0.1) is 0 Å². The monoisotopic (exact) mass is 242 g/mol. The van der Waals surface area contributed by atoms with Gasteiger partial charge in [-0.05, 0) is 39.0 Å². The number of nitrogens with two attached hydrogens (primary N) is 1. The number of nitrogens with one attached hydrogen (secondary N) is 1. The van der Waals surface area contributed by atoms with Crippen LogP contribution in [0.1, 0.15) is 52.9 Å². The Bertz CT molecular complexity index is 293. The molecule has 0 heterocycles. The molecule has 1 aliphatic rings. The first-order chi connectivity index (χ1) is 7.40. The maximum absolute atomic E-state index is 12.3. The number of carbonyl (C=O) groups is 1. The lowest BCUT2D eigenvalue weighted by Crippen LogP contribution is -2.58. The average Bonchev–Trinajstić information content (AvgIpc) is 2.17. The van der Waals surface area contributed by atoms with E-state index in [9.17, 15) is 4.79 Å². The summed E-state index contributed by atoms with van der Waals surface area (Å²) in [6, 6.07) is 0. The largest absolute Gasteiger partial charge is 0.392 e. The molecular formula is C12H22N2OS. The molecule has 0 aromatic heterocycles. The van der Waals surface area contributed by atoms with Crippen molar-refractivity contribution in [3.05, 3.63) is 0 Å². The Morgan fingerprint density at radius 3 is 2.19 bits per heavy atom. The van der Waals surface area contributed by atoms with Crippen LogP contribution in [-0.4, -0.2) is 16.4 Å². The zero-order valence-corrected chi connectivity index (χ0v) is 11.2. The van der Waals surface area contributed by atoms with Crippen molar-refractivity contribution in [2.75, 3.05) is 0 Å². The molecule has 1 aliphatic carbocycles. The smallest absolute Gasteiger partial charge is 0.233 e. The van der Waals surface area contributed by atoms with Crippen molar-refractivity contribution in [3.8, 4) is 0 Å². The molecular weight excluding hydrogens is 220 g/mol. The summed E-state index contributed by atoms with van der Waals surface area (Å²) in [5, 5.41) is 3.11. The summed E-state index contributed by atoms with van der Waals surface area (Å²) < 4.78 is 0. The Morgan fingerprint density at radius 1 is 1.44 bits per heavy atom. The van der Waals surface area contributed by atoms with E-state index in [1.165, 1.54) is 6.42 Å². The van der Waals surface area contributed by atoms with E-state index in [0.29, 0.717) is 17.8 Å². The minimum Gasteiger partial charge on any atom is -0.392 e. The van der Waals surface area contributed by atoms with Gasteiger partial charge in [-0.3, -0.25) is 4.79 Å². The molecule has 3 N–H and O–H groups in total. The van der Waals surface area contributed by atoms with E-state index in [0.717, 1.165) is 12.8 Å². The van der Waals surface area contributed by atoms with E-state index in [4.69, 9.17) is 18.0 Å². The lowest BCUT2D eigenvalue weighted by molar-refractivity contribution is -0.130. The first-order valence-electron chi connectivity index (χ1n) is 6.03. The van der Waals surface area contributed by atoms with E-state index in [2.05, 4.69) is 12.2 Å². The number of amides is 1. The molecule has 16 heavy (non-hydrogen) atoms. The second-order valence-electron chi connectivity index (χ2n) is 5.02. The van der Waals surface area contributed by atoms with Crippen molar-refractivity contribution < 1.29 is 4.79 Å². The third-order valence-electron chi connectivity index (χ3n) is 3.99. The molecule has 0 aromatic rings. The van der Waals surface area contributed by atoms with Gasteiger partial charge in [-0.2, -0.15) is 0 Å². The van der Waals surface area contributed by atoms with E-state index >= 15 is 0 Å². The van der Waals surface area contributed by atoms with Gasteiger partial charge in [0.15, 0.2) is 0 Å². The molecule has 1 saturated carbocycles. The zero-order valence-electron chi connectivity index (χ0n) is 10.4. The van der Waals surface area contributed by atoms with Gasteiger partial charge in [0.1, 0.15) is 0 Å². The predicted octanol–water partition coefficient (Wildman–Crippen LogP) is 2.14. The second-order valence-corrected chi connectivity index (χ2v) is 5.46. The highest BCUT2D eigenvalue weighted by atomic mass is 32.1. The maximum atomic E-state index is 12.3. The van der Waals surface area contributed by atoms with Crippen molar-refractivity contribution in [1.29, 1.82) is 0 Å². The van der Waals surface area contributed by atoms with Gasteiger partial charge in [0.25, 0.3) is 0 Å². The van der Waals surface area contributed by atoms with Crippen LogP contribution in [0.3, 0.4) is 0 Å². The molecule has 1 amide bonds. The van der Waals surface area contributed by atoms with Crippen molar-refractivity contribution in [2.24, 2.45) is 11.1 Å². The van der Waals surface area contributed by atoms with Gasteiger partial charge in [0.05, 0.1) is 10.4 Å². The minimum atomic E-state index is -0.659. The van der Waals surface area contributed by atoms with Gasteiger partial charge in [0, 0.05) is 5.54 Å². The Morgan fingerprint density at radius 2 is 1.94 bits per heavy atom. The first-order valence-corrected chi connectivity index (χ1v) is 6.43. The molecule has 0 aromatic carbocycles. The molecule has 0 spiro atoms. The van der Waals surface area contributed by atoms with Gasteiger partial charge in [-0.25, -0.2) is 0 Å². The van der Waals surface area contributed by atoms with Gasteiger partial charge in [0.2, 0.25) is 5.91 Å². The Balaban J connectivity index is 2.79. The van der Waals surface area contributed by atoms with E-state index in [1.807, 2.05) is 13.8 Å². The molecule has 1 fully saturated rings. The summed E-state index contributed by atoms with van der Waals surface area (Å²) in [6.45, 7) is 6.01. The number of thiocarbonyl (C=S) groups is 1. The van der Waals surface area contributed by atoms with Crippen LogP contribution in [-0.2, 0) is 4.79 Å². The fraction of sp³-hybridized carbons (Fsp3) is 0.833. The highest BCUT2D eigenvalue weighted by Gasteiger charge is 2.42. The summed E-state index contributed by atoms with van der Waals surface area (Å²) in [4.78, 5) is 12.6. The normalized spacial score (nSPS) is 18.7. The number of hydrogen-bond donors (Lipinski definition) is 2. The van der Waals surface area contributed by atoms with Crippen LogP contribution < -0.4 is 11.1 Å². The molecule has 0 radical (unpaired) electrons. The molecule has 0 atom stereocenters. The predicted molar refractivity (Wildman–Crippen MR) is 70.2 cm³/mol. The summed E-state index contributed by atoms with van der Waals surface area (Å²) in [6.07, 6.45) is 4.63. The van der Waals surface area contributed by atoms with Gasteiger partial charge in [-0.1, -0.05) is 26.1 Å². The quantitative estimate of drug-likeness (QED) is 0.726. The average molecular weight is 242 g/mol. The standard InChI is InChI=1S/C12H22N2OS/c1-4-12(5-2,9(13)16)10(15)14-11(3)7-6-8-11/h4-8H2,1-3H3,(H2,13,16)(H,14,15). The maximum Gasteiger partial charge on any atom is 0.233 e. The zero-order chi connectivity index (χ0) is 12.4. The van der Waals surface area contributed by atoms with Gasteiger partial charge < -0.3 is 11.1 Å². The molecule has 0 saturated heterocycles. The summed E-state index contributed by atoms with van der Waals surface area (Å²) >= 11 is 5.06. The van der Waals surface area contributed by atoms with Gasteiger partial charge >= 0.3 is 0 Å². The SMILES string of the molecule is CCC(CC)(C(=O)NC1(C)CCC1)C(N)=S. The second kappa shape index (κ2) is 4.70. The van der Waals surface area contributed by atoms with Crippen LogP contribution in [0.4, 0.5) is 0 Å². The Labute approximate surface area is 103 Å². The topological polar surface area (TPSA) is 55.1 Å². The van der Waals surface area contributed by atoms with Crippen LogP contribution in [0.5, 0.6) is 0 Å². The third-order valence-corrected chi connectivity index (χ3v) is 4.38. The highest BCUT2D eigenvalue weighted by molar-refractivity contribution is 7.80. The molecule has 0 bridgehead atoms. The number of rotatable bonds is 5. The van der Waals surface area contributed by atoms with Crippen molar-refractivity contribution in [3.63, 3.8) is 0 Å². The van der Waals surface area contributed by atoms with Crippen molar-refractivity contribution in [2.45, 2.75) is 58.4 Å². The van der Waals surface area contributed by atoms with Crippen molar-refractivity contribution in [1.82, 2.24) is 5.32 Å². The first kappa shape index (κ1) is 13.4. The lowest BCUT2D eigenvalue weighted by Gasteiger charge is -2.42.